The Balaban J connectivity index is 1.80. The summed E-state index contributed by atoms with van der Waals surface area (Å²) in [4.78, 5) is 2.21. The Labute approximate surface area is 149 Å². The SMILES string of the molecule is Cc1ccccc1CS(=O)(=O)Nc1cc(N2CCOCC2)ccc1C. The summed E-state index contributed by atoms with van der Waals surface area (Å²) in [6.45, 7) is 6.87. The molecular formula is C19H24N2O3S. The number of hydrogen-bond donors (Lipinski definition) is 1. The predicted molar refractivity (Wildman–Crippen MR) is 102 cm³/mol. The first kappa shape index (κ1) is 17.8. The molecule has 0 amide bonds. The van der Waals surface area contributed by atoms with Gasteiger partial charge in [-0.25, -0.2) is 8.42 Å². The summed E-state index contributed by atoms with van der Waals surface area (Å²) in [5.41, 5.74) is 4.36. The molecule has 1 aliphatic rings. The molecule has 5 nitrogen and oxygen atoms in total. The Morgan fingerprint density at radius 3 is 2.48 bits per heavy atom. The van der Waals surface area contributed by atoms with E-state index in [0.29, 0.717) is 18.9 Å². The zero-order valence-electron chi connectivity index (χ0n) is 14.7. The van der Waals surface area contributed by atoms with Crippen molar-refractivity contribution >= 4 is 21.4 Å². The van der Waals surface area contributed by atoms with Crippen LogP contribution in [-0.4, -0.2) is 34.7 Å². The molecule has 1 saturated heterocycles. The van der Waals surface area contributed by atoms with E-state index in [1.165, 1.54) is 0 Å². The highest BCUT2D eigenvalue weighted by Gasteiger charge is 2.17. The highest BCUT2D eigenvalue weighted by atomic mass is 32.2. The molecule has 0 radical (unpaired) electrons. The Hall–Kier alpha value is -2.05. The Kier molecular flexibility index (Phi) is 5.30. The quantitative estimate of drug-likeness (QED) is 0.890. The average Bonchev–Trinajstić information content (AvgIpc) is 2.59. The molecule has 0 unspecified atom stereocenters. The molecule has 25 heavy (non-hydrogen) atoms. The molecule has 0 aromatic heterocycles. The van der Waals surface area contributed by atoms with Crippen molar-refractivity contribution < 1.29 is 13.2 Å². The summed E-state index contributed by atoms with van der Waals surface area (Å²) >= 11 is 0. The first-order chi connectivity index (χ1) is 11.9. The Morgan fingerprint density at radius 1 is 1.04 bits per heavy atom. The van der Waals surface area contributed by atoms with Gasteiger partial charge in [0.1, 0.15) is 0 Å². The molecule has 6 heteroatoms. The monoisotopic (exact) mass is 360 g/mol. The second-order valence-electron chi connectivity index (χ2n) is 6.39. The molecule has 3 rings (SSSR count). The van der Waals surface area contributed by atoms with Crippen molar-refractivity contribution in [3.63, 3.8) is 0 Å². The molecule has 134 valence electrons. The van der Waals surface area contributed by atoms with E-state index in [0.717, 1.165) is 35.5 Å². The van der Waals surface area contributed by atoms with Gasteiger partial charge in [-0.2, -0.15) is 0 Å². The highest BCUT2D eigenvalue weighted by Crippen LogP contribution is 2.25. The van der Waals surface area contributed by atoms with Crippen LogP contribution >= 0.6 is 0 Å². The molecular weight excluding hydrogens is 336 g/mol. The minimum Gasteiger partial charge on any atom is -0.378 e. The fourth-order valence-electron chi connectivity index (χ4n) is 2.92. The number of benzene rings is 2. The lowest BCUT2D eigenvalue weighted by molar-refractivity contribution is 0.122. The fourth-order valence-corrected chi connectivity index (χ4v) is 4.28. The summed E-state index contributed by atoms with van der Waals surface area (Å²) in [6, 6.07) is 13.4. The summed E-state index contributed by atoms with van der Waals surface area (Å²) in [5, 5.41) is 0. The van der Waals surface area contributed by atoms with E-state index in [1.54, 1.807) is 0 Å². The number of nitrogens with zero attached hydrogens (tertiary/aromatic N) is 1. The van der Waals surface area contributed by atoms with Crippen LogP contribution in [0.15, 0.2) is 42.5 Å². The van der Waals surface area contributed by atoms with E-state index >= 15 is 0 Å². The predicted octanol–water partition coefficient (Wildman–Crippen LogP) is 3.08. The molecule has 2 aromatic carbocycles. The van der Waals surface area contributed by atoms with E-state index in [9.17, 15) is 8.42 Å². The summed E-state index contributed by atoms with van der Waals surface area (Å²) in [6.07, 6.45) is 0. The average molecular weight is 360 g/mol. The minimum atomic E-state index is -3.47. The van der Waals surface area contributed by atoms with Crippen molar-refractivity contribution in [2.45, 2.75) is 19.6 Å². The lowest BCUT2D eigenvalue weighted by atomic mass is 10.1. The fraction of sp³-hybridized carbons (Fsp3) is 0.368. The lowest BCUT2D eigenvalue weighted by Gasteiger charge is -2.29. The first-order valence-electron chi connectivity index (χ1n) is 8.43. The molecule has 1 heterocycles. The molecule has 1 N–H and O–H groups in total. The van der Waals surface area contributed by atoms with Gasteiger partial charge in [-0.05, 0) is 42.7 Å². The highest BCUT2D eigenvalue weighted by molar-refractivity contribution is 7.91. The number of morpholine rings is 1. The summed E-state index contributed by atoms with van der Waals surface area (Å²) in [5.74, 6) is -0.0269. The molecule has 0 aliphatic carbocycles. The van der Waals surface area contributed by atoms with Crippen LogP contribution in [0.1, 0.15) is 16.7 Å². The smallest absolute Gasteiger partial charge is 0.236 e. The van der Waals surface area contributed by atoms with Crippen LogP contribution in [0, 0.1) is 13.8 Å². The Bertz CT molecular complexity index is 843. The van der Waals surface area contributed by atoms with Crippen LogP contribution in [0.5, 0.6) is 0 Å². The molecule has 0 spiro atoms. The van der Waals surface area contributed by atoms with Gasteiger partial charge in [-0.3, -0.25) is 4.72 Å². The molecule has 0 saturated carbocycles. The van der Waals surface area contributed by atoms with Gasteiger partial charge in [0.25, 0.3) is 0 Å². The standard InChI is InChI=1S/C19H24N2O3S/c1-15-5-3-4-6-17(15)14-25(22,23)20-19-13-18(8-7-16(19)2)21-9-11-24-12-10-21/h3-8,13,20H,9-12,14H2,1-2H3. The zero-order valence-corrected chi connectivity index (χ0v) is 15.5. The zero-order chi connectivity index (χ0) is 17.9. The third kappa shape index (κ3) is 4.52. The van der Waals surface area contributed by atoms with Crippen molar-refractivity contribution in [1.29, 1.82) is 0 Å². The van der Waals surface area contributed by atoms with Crippen molar-refractivity contribution in [2.75, 3.05) is 35.9 Å². The number of anilines is 2. The summed E-state index contributed by atoms with van der Waals surface area (Å²) < 4.78 is 33.4. The van der Waals surface area contributed by atoms with Crippen LogP contribution < -0.4 is 9.62 Å². The molecule has 1 aliphatic heterocycles. The van der Waals surface area contributed by atoms with Gasteiger partial charge in [0.15, 0.2) is 0 Å². The van der Waals surface area contributed by atoms with Gasteiger partial charge in [0, 0.05) is 18.8 Å². The van der Waals surface area contributed by atoms with E-state index < -0.39 is 10.0 Å². The maximum Gasteiger partial charge on any atom is 0.236 e. The second kappa shape index (κ2) is 7.45. The first-order valence-corrected chi connectivity index (χ1v) is 10.1. The van der Waals surface area contributed by atoms with E-state index in [2.05, 4.69) is 9.62 Å². The number of sulfonamides is 1. The third-order valence-electron chi connectivity index (χ3n) is 4.47. The van der Waals surface area contributed by atoms with Gasteiger partial charge in [0.05, 0.1) is 24.7 Å². The molecule has 0 atom stereocenters. The largest absolute Gasteiger partial charge is 0.378 e. The van der Waals surface area contributed by atoms with Gasteiger partial charge < -0.3 is 9.64 Å². The lowest BCUT2D eigenvalue weighted by Crippen LogP contribution is -2.36. The van der Waals surface area contributed by atoms with Crippen molar-refractivity contribution in [3.05, 3.63) is 59.2 Å². The van der Waals surface area contributed by atoms with Crippen LogP contribution in [-0.2, 0) is 20.5 Å². The summed E-state index contributed by atoms with van der Waals surface area (Å²) in [7, 11) is -3.47. The maximum atomic E-state index is 12.6. The van der Waals surface area contributed by atoms with Crippen molar-refractivity contribution in [2.24, 2.45) is 0 Å². The number of ether oxygens (including phenoxy) is 1. The maximum absolute atomic E-state index is 12.6. The van der Waals surface area contributed by atoms with Crippen LogP contribution in [0.4, 0.5) is 11.4 Å². The topological polar surface area (TPSA) is 58.6 Å². The molecule has 0 bridgehead atoms. The number of rotatable bonds is 5. The van der Waals surface area contributed by atoms with E-state index in [1.807, 2.05) is 56.3 Å². The van der Waals surface area contributed by atoms with Gasteiger partial charge in [0.2, 0.25) is 10.0 Å². The van der Waals surface area contributed by atoms with Crippen molar-refractivity contribution in [3.8, 4) is 0 Å². The number of aryl methyl sites for hydroxylation is 2. The third-order valence-corrected chi connectivity index (χ3v) is 5.69. The van der Waals surface area contributed by atoms with Gasteiger partial charge >= 0.3 is 0 Å². The number of hydrogen-bond acceptors (Lipinski definition) is 4. The van der Waals surface area contributed by atoms with Gasteiger partial charge in [-0.15, -0.1) is 0 Å². The second-order valence-corrected chi connectivity index (χ2v) is 8.11. The van der Waals surface area contributed by atoms with E-state index in [4.69, 9.17) is 4.74 Å². The molecule has 2 aromatic rings. The normalized spacial score (nSPS) is 15.2. The van der Waals surface area contributed by atoms with Crippen molar-refractivity contribution in [1.82, 2.24) is 0 Å². The Morgan fingerprint density at radius 2 is 1.76 bits per heavy atom. The number of nitrogens with one attached hydrogen (secondary N) is 1. The van der Waals surface area contributed by atoms with Crippen LogP contribution in [0.2, 0.25) is 0 Å². The minimum absolute atomic E-state index is 0.0269. The van der Waals surface area contributed by atoms with Crippen LogP contribution in [0.3, 0.4) is 0 Å². The van der Waals surface area contributed by atoms with Crippen LogP contribution in [0.25, 0.3) is 0 Å². The van der Waals surface area contributed by atoms with E-state index in [-0.39, 0.29) is 5.75 Å². The molecule has 1 fully saturated rings. The van der Waals surface area contributed by atoms with Gasteiger partial charge in [-0.1, -0.05) is 30.3 Å².